The van der Waals surface area contributed by atoms with Gasteiger partial charge in [-0.1, -0.05) is 26.0 Å². The summed E-state index contributed by atoms with van der Waals surface area (Å²) < 4.78 is 54.2. The molecule has 0 saturated carbocycles. The number of carbonyl (C=O) groups is 2. The van der Waals surface area contributed by atoms with E-state index in [0.717, 1.165) is 17.0 Å². The Kier molecular flexibility index (Phi) is 8.23. The fraction of sp³-hybridized carbons (Fsp3) is 0.333. The molecule has 0 saturated heterocycles. The maximum atomic E-state index is 13.7. The first-order chi connectivity index (χ1) is 14.6. The van der Waals surface area contributed by atoms with Crippen molar-refractivity contribution in [3.05, 3.63) is 59.7 Å². The van der Waals surface area contributed by atoms with Crippen molar-refractivity contribution < 1.29 is 26.8 Å². The number of anilines is 1. The zero-order chi connectivity index (χ0) is 23.2. The summed E-state index contributed by atoms with van der Waals surface area (Å²) in [4.78, 5) is 26.3. The molecular formula is C21H25F2N3O4S. The fourth-order valence-corrected chi connectivity index (χ4v) is 4.49. The Morgan fingerprint density at radius 2 is 1.52 bits per heavy atom. The van der Waals surface area contributed by atoms with E-state index < -0.39 is 45.7 Å². The van der Waals surface area contributed by atoms with E-state index in [-0.39, 0.29) is 30.1 Å². The molecule has 1 N–H and O–H groups in total. The molecule has 10 heteroatoms. The number of halogens is 2. The van der Waals surface area contributed by atoms with Gasteiger partial charge in [-0.3, -0.25) is 9.59 Å². The number of sulfonamides is 1. The van der Waals surface area contributed by atoms with E-state index in [4.69, 9.17) is 0 Å². The number of benzene rings is 2. The number of nitrogens with zero attached hydrogens (tertiary/aromatic N) is 2. The second kappa shape index (κ2) is 10.5. The van der Waals surface area contributed by atoms with Crippen LogP contribution in [0.5, 0.6) is 0 Å². The highest BCUT2D eigenvalue weighted by molar-refractivity contribution is 7.89. The Bertz CT molecular complexity index is 1040. The lowest BCUT2D eigenvalue weighted by atomic mass is 10.2. The Labute approximate surface area is 180 Å². The highest BCUT2D eigenvalue weighted by atomic mass is 32.2. The van der Waals surface area contributed by atoms with Gasteiger partial charge in [0.2, 0.25) is 15.9 Å². The summed E-state index contributed by atoms with van der Waals surface area (Å²) in [5.41, 5.74) is -0.511. The standard InChI is InChI=1S/C21H25F2N3O4S/c1-4-25(14-19(27)24-20-17(22)11-8-12-18(20)23)21(28)15-9-7-10-16(13-15)31(29,30)26(5-2)6-3/h7-13H,4-6,14H2,1-3H3,(H,24,27). The van der Waals surface area contributed by atoms with E-state index in [0.29, 0.717) is 0 Å². The van der Waals surface area contributed by atoms with Crippen LogP contribution in [0.15, 0.2) is 47.4 Å². The zero-order valence-electron chi connectivity index (χ0n) is 17.6. The maximum absolute atomic E-state index is 13.7. The van der Waals surface area contributed by atoms with Gasteiger partial charge in [0.1, 0.15) is 23.9 Å². The van der Waals surface area contributed by atoms with Crippen LogP contribution in [0, 0.1) is 11.6 Å². The molecule has 2 aromatic rings. The predicted molar refractivity (Wildman–Crippen MR) is 113 cm³/mol. The van der Waals surface area contributed by atoms with Crippen molar-refractivity contribution in [3.8, 4) is 0 Å². The first-order valence-corrected chi connectivity index (χ1v) is 11.2. The van der Waals surface area contributed by atoms with E-state index in [1.807, 2.05) is 0 Å². The minimum atomic E-state index is -3.76. The van der Waals surface area contributed by atoms with Gasteiger partial charge in [-0.2, -0.15) is 4.31 Å². The van der Waals surface area contributed by atoms with Gasteiger partial charge in [-0.25, -0.2) is 17.2 Å². The van der Waals surface area contributed by atoms with Crippen LogP contribution in [0.4, 0.5) is 14.5 Å². The molecule has 0 spiro atoms. The summed E-state index contributed by atoms with van der Waals surface area (Å²) in [6.07, 6.45) is 0. The van der Waals surface area contributed by atoms with Crippen LogP contribution in [-0.4, -0.2) is 55.6 Å². The average Bonchev–Trinajstić information content (AvgIpc) is 2.75. The molecule has 0 fully saturated rings. The Balaban J connectivity index is 2.22. The van der Waals surface area contributed by atoms with Gasteiger partial charge in [0, 0.05) is 25.2 Å². The van der Waals surface area contributed by atoms with Gasteiger partial charge >= 0.3 is 0 Å². The van der Waals surface area contributed by atoms with Crippen molar-refractivity contribution >= 4 is 27.5 Å². The number of para-hydroxylation sites is 1. The lowest BCUT2D eigenvalue weighted by Crippen LogP contribution is -2.38. The van der Waals surface area contributed by atoms with Crippen molar-refractivity contribution in [2.24, 2.45) is 0 Å². The molecular weight excluding hydrogens is 428 g/mol. The van der Waals surface area contributed by atoms with Crippen molar-refractivity contribution in [2.75, 3.05) is 31.5 Å². The number of amides is 2. The fourth-order valence-electron chi connectivity index (χ4n) is 2.98. The largest absolute Gasteiger partial charge is 0.330 e. The number of hydrogen-bond acceptors (Lipinski definition) is 4. The Morgan fingerprint density at radius 1 is 0.935 bits per heavy atom. The SMILES string of the molecule is CCN(CC(=O)Nc1c(F)cccc1F)C(=O)c1cccc(S(=O)(=O)N(CC)CC)c1. The Morgan fingerprint density at radius 3 is 2.06 bits per heavy atom. The minimum Gasteiger partial charge on any atom is -0.330 e. The van der Waals surface area contributed by atoms with Crippen LogP contribution < -0.4 is 5.32 Å². The molecule has 31 heavy (non-hydrogen) atoms. The highest BCUT2D eigenvalue weighted by Crippen LogP contribution is 2.19. The van der Waals surface area contributed by atoms with Crippen molar-refractivity contribution in [1.82, 2.24) is 9.21 Å². The van der Waals surface area contributed by atoms with Crippen LogP contribution in [0.1, 0.15) is 31.1 Å². The van der Waals surface area contributed by atoms with Crippen LogP contribution in [0.2, 0.25) is 0 Å². The van der Waals surface area contributed by atoms with Crippen molar-refractivity contribution in [2.45, 2.75) is 25.7 Å². The lowest BCUT2D eigenvalue weighted by Gasteiger charge is -2.22. The summed E-state index contributed by atoms with van der Waals surface area (Å²) in [6, 6.07) is 8.72. The van der Waals surface area contributed by atoms with Gasteiger partial charge in [-0.05, 0) is 37.3 Å². The number of hydrogen-bond donors (Lipinski definition) is 1. The maximum Gasteiger partial charge on any atom is 0.254 e. The van der Waals surface area contributed by atoms with Crippen LogP contribution in [0.25, 0.3) is 0 Å². The quantitative estimate of drug-likeness (QED) is 0.632. The van der Waals surface area contributed by atoms with E-state index in [2.05, 4.69) is 5.32 Å². The van der Waals surface area contributed by atoms with Crippen LogP contribution >= 0.6 is 0 Å². The number of nitrogens with one attached hydrogen (secondary N) is 1. The highest BCUT2D eigenvalue weighted by Gasteiger charge is 2.24. The van der Waals surface area contributed by atoms with Crippen molar-refractivity contribution in [3.63, 3.8) is 0 Å². The molecule has 2 amide bonds. The Hall–Kier alpha value is -2.85. The normalized spacial score (nSPS) is 11.4. The number of carbonyl (C=O) groups excluding carboxylic acids is 2. The third-order valence-corrected chi connectivity index (χ3v) is 6.70. The second-order valence-electron chi connectivity index (χ2n) is 6.58. The van der Waals surface area contributed by atoms with Gasteiger partial charge in [0.25, 0.3) is 5.91 Å². The van der Waals surface area contributed by atoms with E-state index in [9.17, 15) is 26.8 Å². The van der Waals surface area contributed by atoms with Crippen molar-refractivity contribution in [1.29, 1.82) is 0 Å². The predicted octanol–water partition coefficient (Wildman–Crippen LogP) is 3.10. The molecule has 0 atom stereocenters. The molecule has 7 nitrogen and oxygen atoms in total. The number of rotatable bonds is 9. The molecule has 2 aromatic carbocycles. The smallest absolute Gasteiger partial charge is 0.254 e. The number of likely N-dealkylation sites (N-methyl/N-ethyl adjacent to an activating group) is 1. The topological polar surface area (TPSA) is 86.8 Å². The van der Waals surface area contributed by atoms with Gasteiger partial charge in [0.05, 0.1) is 4.90 Å². The molecule has 0 aliphatic rings. The third kappa shape index (κ3) is 5.65. The van der Waals surface area contributed by atoms with E-state index >= 15 is 0 Å². The lowest BCUT2D eigenvalue weighted by molar-refractivity contribution is -0.116. The molecule has 0 unspecified atom stereocenters. The molecule has 0 aliphatic carbocycles. The molecule has 2 rings (SSSR count). The van der Waals surface area contributed by atoms with Gasteiger partial charge < -0.3 is 10.2 Å². The summed E-state index contributed by atoms with van der Waals surface area (Å²) in [5.74, 6) is -3.23. The molecule has 0 heterocycles. The third-order valence-electron chi connectivity index (χ3n) is 4.65. The monoisotopic (exact) mass is 453 g/mol. The first-order valence-electron chi connectivity index (χ1n) is 9.79. The average molecular weight is 454 g/mol. The van der Waals surface area contributed by atoms with Gasteiger partial charge in [0.15, 0.2) is 0 Å². The molecule has 0 aliphatic heterocycles. The summed E-state index contributed by atoms with van der Waals surface area (Å²) in [6.45, 7) is 5.29. The molecule has 0 aromatic heterocycles. The van der Waals surface area contributed by atoms with Crippen LogP contribution in [0.3, 0.4) is 0 Å². The summed E-state index contributed by atoms with van der Waals surface area (Å²) in [5, 5.41) is 2.13. The molecule has 0 bridgehead atoms. The van der Waals surface area contributed by atoms with E-state index in [1.54, 1.807) is 20.8 Å². The summed E-state index contributed by atoms with van der Waals surface area (Å²) >= 11 is 0. The molecule has 168 valence electrons. The first kappa shape index (κ1) is 24.4. The summed E-state index contributed by atoms with van der Waals surface area (Å²) in [7, 11) is -3.76. The minimum absolute atomic E-state index is 0.0315. The van der Waals surface area contributed by atoms with Gasteiger partial charge in [-0.15, -0.1) is 0 Å². The second-order valence-corrected chi connectivity index (χ2v) is 8.52. The van der Waals surface area contributed by atoms with E-state index in [1.165, 1.54) is 34.6 Å². The van der Waals surface area contributed by atoms with Crippen LogP contribution in [-0.2, 0) is 14.8 Å². The molecule has 0 radical (unpaired) electrons. The zero-order valence-corrected chi connectivity index (χ0v) is 18.4.